The highest BCUT2D eigenvalue weighted by atomic mass is 32.2. The standard InChI is InChI=1S/C33H50N4O6S2/c1-5-6-7-8-9-10-11-12-13-14-15-16-17-18-19-20-23-34-30(39)27-21-22-28(31(40)43-4)29(24-27)37-45(41,42)32-25(2)35-33(44-32)36-26(3)38/h12-13,21-22,24,37H,5-11,14-20,23H2,1-4H3,(H,34,39)(H,35,36,38)/b13-12-. The van der Waals surface area contributed by atoms with Crippen LogP contribution >= 0.6 is 11.3 Å². The highest BCUT2D eigenvalue weighted by Crippen LogP contribution is 2.30. The van der Waals surface area contributed by atoms with Gasteiger partial charge in [-0.15, -0.1) is 0 Å². The molecule has 0 unspecified atom stereocenters. The fraction of sp³-hybridized carbons (Fsp3) is 0.576. The molecule has 3 N–H and O–H groups in total. The van der Waals surface area contributed by atoms with Crippen LogP contribution in [0.25, 0.3) is 0 Å². The van der Waals surface area contributed by atoms with Gasteiger partial charge in [-0.05, 0) is 57.2 Å². The summed E-state index contributed by atoms with van der Waals surface area (Å²) < 4.78 is 33.5. The molecule has 0 aliphatic rings. The third-order valence-corrected chi connectivity index (χ3v) is 10.2. The van der Waals surface area contributed by atoms with Crippen LogP contribution in [0, 0.1) is 6.92 Å². The van der Waals surface area contributed by atoms with Crippen LogP contribution in [0.3, 0.4) is 0 Å². The zero-order chi connectivity index (χ0) is 33.1. The SMILES string of the molecule is CCCCCCCC/C=C\CCCCCCCCNC(=O)c1ccc(C(=O)OC)c(NS(=O)(=O)c2sc(NC(C)=O)nc2C)c1. The molecular weight excluding hydrogens is 613 g/mol. The lowest BCUT2D eigenvalue weighted by atomic mass is 10.1. The number of thiazole rings is 1. The Balaban J connectivity index is 1.79. The Morgan fingerprint density at radius 3 is 2.11 bits per heavy atom. The van der Waals surface area contributed by atoms with Gasteiger partial charge >= 0.3 is 5.97 Å². The Morgan fingerprint density at radius 2 is 1.51 bits per heavy atom. The Kier molecular flexibility index (Phi) is 17.5. The smallest absolute Gasteiger partial charge is 0.339 e. The monoisotopic (exact) mass is 662 g/mol. The third-order valence-electron chi connectivity index (χ3n) is 7.19. The van der Waals surface area contributed by atoms with E-state index in [9.17, 15) is 22.8 Å². The molecule has 0 spiro atoms. The lowest BCUT2D eigenvalue weighted by Gasteiger charge is -2.13. The van der Waals surface area contributed by atoms with Crippen molar-refractivity contribution in [3.05, 3.63) is 47.2 Å². The number of rotatable bonds is 22. The van der Waals surface area contributed by atoms with Gasteiger partial charge in [0.1, 0.15) is 0 Å². The number of carbonyl (C=O) groups is 3. The summed E-state index contributed by atoms with van der Waals surface area (Å²) in [6.07, 6.45) is 21.5. The third kappa shape index (κ3) is 14.2. The number of anilines is 2. The predicted molar refractivity (Wildman–Crippen MR) is 182 cm³/mol. The number of allylic oxidation sites excluding steroid dienone is 2. The first-order valence-electron chi connectivity index (χ1n) is 16.0. The Labute approximate surface area is 272 Å². The van der Waals surface area contributed by atoms with E-state index in [1.165, 1.54) is 103 Å². The number of unbranched alkanes of at least 4 members (excludes halogenated alkanes) is 12. The zero-order valence-electron chi connectivity index (χ0n) is 27.2. The minimum Gasteiger partial charge on any atom is -0.465 e. The summed E-state index contributed by atoms with van der Waals surface area (Å²) >= 11 is 0.781. The molecule has 250 valence electrons. The molecule has 0 atom stereocenters. The molecule has 0 radical (unpaired) electrons. The molecule has 2 rings (SSSR count). The summed E-state index contributed by atoms with van der Waals surface area (Å²) in [6.45, 7) is 5.53. The van der Waals surface area contributed by atoms with Crippen molar-refractivity contribution in [3.63, 3.8) is 0 Å². The van der Waals surface area contributed by atoms with Crippen molar-refractivity contribution >= 4 is 50.0 Å². The van der Waals surface area contributed by atoms with Gasteiger partial charge in [0.15, 0.2) is 9.34 Å². The molecule has 12 heteroatoms. The molecule has 0 saturated heterocycles. The Morgan fingerprint density at radius 1 is 0.911 bits per heavy atom. The number of hydrogen-bond donors (Lipinski definition) is 3. The fourth-order valence-corrected chi connectivity index (χ4v) is 7.29. The lowest BCUT2D eigenvalue weighted by Crippen LogP contribution is -2.25. The molecule has 0 fully saturated rings. The van der Waals surface area contributed by atoms with E-state index in [1.54, 1.807) is 0 Å². The first-order valence-corrected chi connectivity index (χ1v) is 18.3. The van der Waals surface area contributed by atoms with E-state index in [-0.39, 0.29) is 43.7 Å². The number of sulfonamides is 1. The van der Waals surface area contributed by atoms with Crippen molar-refractivity contribution in [2.24, 2.45) is 0 Å². The largest absolute Gasteiger partial charge is 0.465 e. The van der Waals surface area contributed by atoms with Crippen molar-refractivity contribution in [2.75, 3.05) is 23.7 Å². The molecule has 1 heterocycles. The van der Waals surface area contributed by atoms with Crippen molar-refractivity contribution < 1.29 is 27.5 Å². The summed E-state index contributed by atoms with van der Waals surface area (Å²) in [5.41, 5.74) is 0.237. The molecule has 0 bridgehead atoms. The van der Waals surface area contributed by atoms with Crippen LogP contribution in [0.4, 0.5) is 10.8 Å². The van der Waals surface area contributed by atoms with Gasteiger partial charge in [-0.3, -0.25) is 14.3 Å². The van der Waals surface area contributed by atoms with Gasteiger partial charge in [-0.2, -0.15) is 0 Å². The number of esters is 1. The van der Waals surface area contributed by atoms with Gasteiger partial charge in [0, 0.05) is 19.0 Å². The Hall–Kier alpha value is -3.25. The molecule has 45 heavy (non-hydrogen) atoms. The van der Waals surface area contributed by atoms with E-state index >= 15 is 0 Å². The summed E-state index contributed by atoms with van der Waals surface area (Å²) in [6, 6.07) is 4.12. The quantitative estimate of drug-likeness (QED) is 0.0664. The van der Waals surface area contributed by atoms with Crippen LogP contribution in [0.2, 0.25) is 0 Å². The van der Waals surface area contributed by atoms with Crippen LogP contribution in [0.15, 0.2) is 34.6 Å². The molecule has 2 amide bonds. The number of nitrogens with one attached hydrogen (secondary N) is 3. The second kappa shape index (κ2) is 20.7. The molecule has 0 aliphatic heterocycles. The van der Waals surface area contributed by atoms with E-state index < -0.39 is 16.0 Å². The second-order valence-electron chi connectivity index (χ2n) is 11.1. The number of benzene rings is 1. The van der Waals surface area contributed by atoms with E-state index in [1.807, 2.05) is 0 Å². The number of amides is 2. The van der Waals surface area contributed by atoms with Crippen LogP contribution in [0.5, 0.6) is 0 Å². The average molecular weight is 663 g/mol. The normalized spacial score (nSPS) is 11.5. The molecule has 10 nitrogen and oxygen atoms in total. The summed E-state index contributed by atoms with van der Waals surface area (Å²) in [4.78, 5) is 40.6. The number of aryl methyl sites for hydroxylation is 1. The number of ether oxygens (including phenoxy) is 1. The first kappa shape index (κ1) is 37.9. The molecular formula is C33H50N4O6S2. The van der Waals surface area contributed by atoms with Gasteiger partial charge in [-0.1, -0.05) is 88.2 Å². The average Bonchev–Trinajstić information content (AvgIpc) is 3.37. The predicted octanol–water partition coefficient (Wildman–Crippen LogP) is 7.76. The fourth-order valence-electron chi connectivity index (χ4n) is 4.76. The molecule has 0 saturated carbocycles. The highest BCUT2D eigenvalue weighted by Gasteiger charge is 2.25. The van der Waals surface area contributed by atoms with Gasteiger partial charge < -0.3 is 15.4 Å². The zero-order valence-corrected chi connectivity index (χ0v) is 28.8. The molecule has 0 aliphatic carbocycles. The maximum absolute atomic E-state index is 13.2. The first-order chi connectivity index (χ1) is 21.6. The second-order valence-corrected chi connectivity index (χ2v) is 14.0. The topological polar surface area (TPSA) is 144 Å². The minimum atomic E-state index is -4.20. The van der Waals surface area contributed by atoms with Gasteiger partial charge in [0.25, 0.3) is 15.9 Å². The van der Waals surface area contributed by atoms with Crippen LogP contribution in [-0.4, -0.2) is 44.8 Å². The van der Waals surface area contributed by atoms with Crippen molar-refractivity contribution in [3.8, 4) is 0 Å². The molecule has 1 aromatic carbocycles. The van der Waals surface area contributed by atoms with Gasteiger partial charge in [0.2, 0.25) is 5.91 Å². The maximum atomic E-state index is 13.2. The van der Waals surface area contributed by atoms with E-state index in [2.05, 4.69) is 39.4 Å². The van der Waals surface area contributed by atoms with Gasteiger partial charge in [-0.25, -0.2) is 18.2 Å². The number of aromatic nitrogens is 1. The number of methoxy groups -OCH3 is 1. The van der Waals surface area contributed by atoms with E-state index in [0.717, 1.165) is 37.0 Å². The number of nitrogens with zero attached hydrogens (tertiary/aromatic N) is 1. The van der Waals surface area contributed by atoms with Crippen molar-refractivity contribution in [1.82, 2.24) is 10.3 Å². The summed E-state index contributed by atoms with van der Waals surface area (Å²) in [7, 11) is -3.02. The molecule has 2 aromatic rings. The minimum absolute atomic E-state index is 0.0461. The maximum Gasteiger partial charge on any atom is 0.339 e. The lowest BCUT2D eigenvalue weighted by molar-refractivity contribution is -0.114. The van der Waals surface area contributed by atoms with Crippen LogP contribution in [-0.2, 0) is 19.6 Å². The van der Waals surface area contributed by atoms with E-state index in [0.29, 0.717) is 6.54 Å². The van der Waals surface area contributed by atoms with Crippen LogP contribution in [0.1, 0.15) is 130 Å². The highest BCUT2D eigenvalue weighted by molar-refractivity contribution is 7.94. The van der Waals surface area contributed by atoms with Crippen molar-refractivity contribution in [2.45, 2.75) is 115 Å². The number of hydrogen-bond acceptors (Lipinski definition) is 8. The van der Waals surface area contributed by atoms with Gasteiger partial charge in [0.05, 0.1) is 24.1 Å². The number of carbonyl (C=O) groups excluding carboxylic acids is 3. The molecule has 1 aromatic heterocycles. The van der Waals surface area contributed by atoms with Crippen molar-refractivity contribution in [1.29, 1.82) is 0 Å². The summed E-state index contributed by atoms with van der Waals surface area (Å²) in [5, 5.41) is 5.47. The van der Waals surface area contributed by atoms with E-state index in [4.69, 9.17) is 4.74 Å². The Bertz CT molecular complexity index is 1370. The summed E-state index contributed by atoms with van der Waals surface area (Å²) in [5.74, 6) is -1.52. The van der Waals surface area contributed by atoms with Crippen LogP contribution < -0.4 is 15.4 Å².